The molecule has 4 heteroatoms. The molecule has 0 aromatic carbocycles. The number of hydrogen-bond acceptors (Lipinski definition) is 4. The van der Waals surface area contributed by atoms with Gasteiger partial charge in [0.1, 0.15) is 5.60 Å². The first kappa shape index (κ1) is 17.7. The van der Waals surface area contributed by atoms with Crippen molar-refractivity contribution < 1.29 is 19.1 Å². The van der Waals surface area contributed by atoms with Crippen molar-refractivity contribution >= 4 is 11.9 Å². The fraction of sp³-hybridized carbons (Fsp3) is 0.733. The maximum atomic E-state index is 12.2. The predicted octanol–water partition coefficient (Wildman–Crippen LogP) is 3.11. The van der Waals surface area contributed by atoms with Crippen LogP contribution in [0.25, 0.3) is 0 Å². The van der Waals surface area contributed by atoms with E-state index in [1.54, 1.807) is 12.2 Å². The number of methoxy groups -OCH3 is 1. The number of allylic oxidation sites excluding steroid dienone is 1. The van der Waals surface area contributed by atoms with Crippen LogP contribution >= 0.6 is 0 Å². The van der Waals surface area contributed by atoms with Gasteiger partial charge in [0.2, 0.25) is 0 Å². The summed E-state index contributed by atoms with van der Waals surface area (Å²) in [7, 11) is 1.33. The normalized spacial score (nSPS) is 15.1. The molecule has 0 unspecified atom stereocenters. The molecule has 0 aliphatic rings. The smallest absolute Gasteiger partial charge is 0.313 e. The Hall–Kier alpha value is -1.32. The molecule has 0 saturated heterocycles. The summed E-state index contributed by atoms with van der Waals surface area (Å²) in [4.78, 5) is 24.0. The second-order valence-electron chi connectivity index (χ2n) is 5.50. The van der Waals surface area contributed by atoms with Gasteiger partial charge in [0.25, 0.3) is 0 Å². The summed E-state index contributed by atoms with van der Waals surface area (Å²) in [5.41, 5.74) is -0.556. The van der Waals surface area contributed by atoms with Crippen LogP contribution in [0.5, 0.6) is 0 Å². The molecule has 0 rings (SSSR count). The van der Waals surface area contributed by atoms with E-state index >= 15 is 0 Å². The van der Waals surface area contributed by atoms with Gasteiger partial charge in [0.05, 0.1) is 18.9 Å². The van der Waals surface area contributed by atoms with Crippen LogP contribution in [0.2, 0.25) is 0 Å². The van der Waals surface area contributed by atoms with Crippen LogP contribution in [-0.2, 0) is 19.1 Å². The fourth-order valence-electron chi connectivity index (χ4n) is 1.85. The van der Waals surface area contributed by atoms with Crippen molar-refractivity contribution in [3.8, 4) is 0 Å². The molecule has 2 atom stereocenters. The monoisotopic (exact) mass is 270 g/mol. The average Bonchev–Trinajstić information content (AvgIpc) is 2.30. The first-order chi connectivity index (χ1) is 8.76. The van der Waals surface area contributed by atoms with E-state index in [1.165, 1.54) is 7.11 Å². The molecule has 4 nitrogen and oxygen atoms in total. The van der Waals surface area contributed by atoms with E-state index in [0.29, 0.717) is 6.42 Å². The highest BCUT2D eigenvalue weighted by atomic mass is 16.6. The largest absolute Gasteiger partial charge is 0.469 e. The van der Waals surface area contributed by atoms with Gasteiger partial charge >= 0.3 is 11.9 Å². The number of esters is 2. The first-order valence-electron chi connectivity index (χ1n) is 6.70. The van der Waals surface area contributed by atoms with Crippen LogP contribution < -0.4 is 0 Å². The summed E-state index contributed by atoms with van der Waals surface area (Å²) in [5, 5.41) is 0. The molecule has 0 aliphatic carbocycles. The minimum absolute atomic E-state index is 0.345. The molecule has 0 spiro atoms. The van der Waals surface area contributed by atoms with E-state index < -0.39 is 23.4 Å². The fourth-order valence-corrected chi connectivity index (χ4v) is 1.85. The summed E-state index contributed by atoms with van der Waals surface area (Å²) < 4.78 is 10.2. The zero-order valence-corrected chi connectivity index (χ0v) is 12.9. The lowest BCUT2D eigenvalue weighted by atomic mass is 9.88. The molecule has 0 N–H and O–H groups in total. The zero-order chi connectivity index (χ0) is 15.1. The van der Waals surface area contributed by atoms with Gasteiger partial charge in [-0.05, 0) is 34.1 Å². The number of ether oxygens (including phenoxy) is 2. The molecule has 19 heavy (non-hydrogen) atoms. The lowest BCUT2D eigenvalue weighted by molar-refractivity contribution is -0.166. The Morgan fingerprint density at radius 1 is 1.21 bits per heavy atom. The summed E-state index contributed by atoms with van der Waals surface area (Å²) in [6, 6.07) is 0. The van der Waals surface area contributed by atoms with Crippen molar-refractivity contribution in [3.63, 3.8) is 0 Å². The highest BCUT2D eigenvalue weighted by Gasteiger charge is 2.34. The quantitative estimate of drug-likeness (QED) is 0.549. The second-order valence-corrected chi connectivity index (χ2v) is 5.50. The molecule has 0 amide bonds. The summed E-state index contributed by atoms with van der Waals surface area (Å²) >= 11 is 0. The van der Waals surface area contributed by atoms with Crippen LogP contribution in [0.4, 0.5) is 0 Å². The van der Waals surface area contributed by atoms with E-state index in [9.17, 15) is 9.59 Å². The average molecular weight is 270 g/mol. The van der Waals surface area contributed by atoms with Gasteiger partial charge in [0, 0.05) is 0 Å². The van der Waals surface area contributed by atoms with Crippen molar-refractivity contribution in [1.82, 2.24) is 0 Å². The Kier molecular flexibility index (Phi) is 7.42. The molecule has 0 heterocycles. The van der Waals surface area contributed by atoms with Crippen molar-refractivity contribution in [2.45, 2.75) is 53.1 Å². The van der Waals surface area contributed by atoms with E-state index in [4.69, 9.17) is 9.47 Å². The van der Waals surface area contributed by atoms with Gasteiger partial charge in [-0.25, -0.2) is 0 Å². The van der Waals surface area contributed by atoms with E-state index in [1.807, 2.05) is 34.6 Å². The van der Waals surface area contributed by atoms with Crippen molar-refractivity contribution in [2.75, 3.05) is 7.11 Å². The van der Waals surface area contributed by atoms with Gasteiger partial charge in [-0.2, -0.15) is 0 Å². The lowest BCUT2D eigenvalue weighted by Crippen LogP contribution is -2.35. The summed E-state index contributed by atoms with van der Waals surface area (Å²) in [6.45, 7) is 9.24. The van der Waals surface area contributed by atoms with Gasteiger partial charge in [-0.3, -0.25) is 9.59 Å². The summed E-state index contributed by atoms with van der Waals surface area (Å²) in [6.07, 6.45) is 4.86. The number of carbonyl (C=O) groups excluding carboxylic acids is 2. The zero-order valence-electron chi connectivity index (χ0n) is 12.9. The van der Waals surface area contributed by atoms with E-state index in [0.717, 1.165) is 6.42 Å². The van der Waals surface area contributed by atoms with Crippen LogP contribution in [0, 0.1) is 11.8 Å². The summed E-state index contributed by atoms with van der Waals surface area (Å²) in [5.74, 6) is -1.82. The van der Waals surface area contributed by atoms with Crippen LogP contribution in [0.3, 0.4) is 0 Å². The Bertz CT molecular complexity index is 326. The molecule has 0 aromatic heterocycles. The topological polar surface area (TPSA) is 52.6 Å². The minimum Gasteiger partial charge on any atom is -0.469 e. The van der Waals surface area contributed by atoms with Crippen molar-refractivity contribution in [2.24, 2.45) is 11.8 Å². The predicted molar refractivity (Wildman–Crippen MR) is 74.6 cm³/mol. The molecule has 0 saturated carbocycles. The van der Waals surface area contributed by atoms with Crippen LogP contribution in [-0.4, -0.2) is 24.6 Å². The lowest BCUT2D eigenvalue weighted by Gasteiger charge is -2.26. The highest BCUT2D eigenvalue weighted by molar-refractivity contribution is 5.83. The van der Waals surface area contributed by atoms with Crippen molar-refractivity contribution in [1.29, 1.82) is 0 Å². The molecule has 0 aliphatic heterocycles. The SMILES string of the molecule is C/C=C/[C@@H](C(=O)OC)[C@H](CCC)C(=O)OC(C)(C)C. The Morgan fingerprint density at radius 3 is 2.16 bits per heavy atom. The van der Waals surface area contributed by atoms with E-state index in [2.05, 4.69) is 0 Å². The number of rotatable bonds is 6. The van der Waals surface area contributed by atoms with Crippen LogP contribution in [0.1, 0.15) is 47.5 Å². The standard InChI is InChI=1S/C15H26O4/c1-7-9-11(13(16)18-6)12(10-8-2)14(17)19-15(3,4)5/h7,9,11-12H,8,10H2,1-6H3/b9-7+/t11-,12+/m1/s1. The third-order valence-corrected chi connectivity index (χ3v) is 2.62. The Morgan fingerprint density at radius 2 is 1.79 bits per heavy atom. The molecule has 0 radical (unpaired) electrons. The molecule has 0 aromatic rings. The maximum absolute atomic E-state index is 12.2. The van der Waals surface area contributed by atoms with E-state index in [-0.39, 0.29) is 5.97 Å². The molecule has 0 bridgehead atoms. The third-order valence-electron chi connectivity index (χ3n) is 2.62. The van der Waals surface area contributed by atoms with Crippen molar-refractivity contribution in [3.05, 3.63) is 12.2 Å². The van der Waals surface area contributed by atoms with Crippen LogP contribution in [0.15, 0.2) is 12.2 Å². The Balaban J connectivity index is 5.13. The van der Waals surface area contributed by atoms with Gasteiger partial charge in [-0.15, -0.1) is 0 Å². The molecule has 110 valence electrons. The number of hydrogen-bond donors (Lipinski definition) is 0. The molecule has 0 fully saturated rings. The third kappa shape index (κ3) is 6.41. The highest BCUT2D eigenvalue weighted by Crippen LogP contribution is 2.24. The maximum Gasteiger partial charge on any atom is 0.313 e. The van der Waals surface area contributed by atoms with Gasteiger partial charge in [-0.1, -0.05) is 25.5 Å². The molecular weight excluding hydrogens is 244 g/mol. The van der Waals surface area contributed by atoms with Gasteiger partial charge < -0.3 is 9.47 Å². The second kappa shape index (κ2) is 7.97. The van der Waals surface area contributed by atoms with Gasteiger partial charge in [0.15, 0.2) is 0 Å². The minimum atomic E-state index is -0.579. The molecular formula is C15H26O4. The number of carbonyl (C=O) groups is 2. The first-order valence-corrected chi connectivity index (χ1v) is 6.70. The Labute approximate surface area is 116 Å².